The average Bonchev–Trinajstić information content (AvgIpc) is 3.14. The number of hydrogen-bond donors (Lipinski definition) is 2. The summed E-state index contributed by atoms with van der Waals surface area (Å²) in [6.45, 7) is 4.94. The lowest BCUT2D eigenvalue weighted by atomic mass is 10.2. The minimum atomic E-state index is 0. The summed E-state index contributed by atoms with van der Waals surface area (Å²) in [6, 6.07) is 0. The lowest BCUT2D eigenvalue weighted by Gasteiger charge is -2.10. The minimum absolute atomic E-state index is 0. The van der Waals surface area contributed by atoms with E-state index >= 15 is 0 Å². The fourth-order valence-electron chi connectivity index (χ4n) is 1.96. The van der Waals surface area contributed by atoms with Crippen LogP contribution in [0.15, 0.2) is 17.4 Å². The van der Waals surface area contributed by atoms with Crippen molar-refractivity contribution in [3.05, 3.63) is 18.0 Å². The highest BCUT2D eigenvalue weighted by Crippen LogP contribution is 2.28. The highest BCUT2D eigenvalue weighted by Gasteiger charge is 2.20. The zero-order valence-corrected chi connectivity index (χ0v) is 14.8. The molecule has 2 rings (SSSR count). The smallest absolute Gasteiger partial charge is 0.191 e. The van der Waals surface area contributed by atoms with E-state index < -0.39 is 0 Å². The Kier molecular flexibility index (Phi) is 7.94. The molecule has 6 heteroatoms. The molecule has 0 aliphatic heterocycles. The van der Waals surface area contributed by atoms with Gasteiger partial charge in [0.05, 0.1) is 6.20 Å². The van der Waals surface area contributed by atoms with Crippen molar-refractivity contribution >= 4 is 29.9 Å². The minimum Gasteiger partial charge on any atom is -0.357 e. The van der Waals surface area contributed by atoms with Gasteiger partial charge in [-0.15, -0.1) is 24.0 Å². The summed E-state index contributed by atoms with van der Waals surface area (Å²) in [6.07, 6.45) is 8.87. The molecule has 1 saturated carbocycles. The Morgan fingerprint density at radius 3 is 2.85 bits per heavy atom. The summed E-state index contributed by atoms with van der Waals surface area (Å²) in [7, 11) is 1.95. The van der Waals surface area contributed by atoms with Crippen molar-refractivity contribution < 1.29 is 0 Å². The number of aryl methyl sites for hydroxylation is 2. The van der Waals surface area contributed by atoms with Gasteiger partial charge in [-0.3, -0.25) is 9.67 Å². The maximum Gasteiger partial charge on any atom is 0.191 e. The summed E-state index contributed by atoms with van der Waals surface area (Å²) in [5, 5.41) is 10.9. The van der Waals surface area contributed by atoms with E-state index in [9.17, 15) is 0 Å². The molecule has 1 heterocycles. The lowest BCUT2D eigenvalue weighted by molar-refractivity contribution is 0.734. The molecule has 0 atom stereocenters. The van der Waals surface area contributed by atoms with Crippen LogP contribution in [0.3, 0.4) is 0 Å². The first-order chi connectivity index (χ1) is 9.28. The van der Waals surface area contributed by atoms with Gasteiger partial charge in [0.15, 0.2) is 5.96 Å². The average molecular weight is 391 g/mol. The summed E-state index contributed by atoms with van der Waals surface area (Å²) in [4.78, 5) is 4.60. The Morgan fingerprint density at radius 2 is 2.25 bits per heavy atom. The van der Waals surface area contributed by atoms with E-state index in [1.165, 1.54) is 18.4 Å². The van der Waals surface area contributed by atoms with Gasteiger partial charge in [0.1, 0.15) is 0 Å². The number of aliphatic imine (C=N–C) groups is 1. The van der Waals surface area contributed by atoms with E-state index in [-0.39, 0.29) is 24.0 Å². The number of guanidine groups is 1. The number of nitrogens with zero attached hydrogens (tertiary/aromatic N) is 3. The Morgan fingerprint density at radius 1 is 1.45 bits per heavy atom. The van der Waals surface area contributed by atoms with E-state index in [4.69, 9.17) is 0 Å². The van der Waals surface area contributed by atoms with Gasteiger partial charge < -0.3 is 10.6 Å². The monoisotopic (exact) mass is 391 g/mol. The second-order valence-corrected chi connectivity index (χ2v) is 5.22. The molecule has 1 aromatic rings. The quantitative estimate of drug-likeness (QED) is 0.323. The topological polar surface area (TPSA) is 54.2 Å². The van der Waals surface area contributed by atoms with E-state index in [1.807, 2.05) is 17.9 Å². The van der Waals surface area contributed by atoms with Crippen LogP contribution < -0.4 is 10.6 Å². The predicted molar refractivity (Wildman–Crippen MR) is 93.6 cm³/mol. The molecule has 0 spiro atoms. The molecular formula is C14H26IN5. The molecule has 1 aromatic heterocycles. The van der Waals surface area contributed by atoms with Crippen molar-refractivity contribution in [2.24, 2.45) is 18.0 Å². The summed E-state index contributed by atoms with van der Waals surface area (Å²) in [5.74, 6) is 1.80. The van der Waals surface area contributed by atoms with Crippen molar-refractivity contribution in [2.45, 2.75) is 32.6 Å². The zero-order valence-electron chi connectivity index (χ0n) is 12.4. The van der Waals surface area contributed by atoms with Gasteiger partial charge in [-0.25, -0.2) is 0 Å². The van der Waals surface area contributed by atoms with Crippen LogP contribution in [0.2, 0.25) is 0 Å². The largest absolute Gasteiger partial charge is 0.357 e. The van der Waals surface area contributed by atoms with Crippen LogP contribution in [0, 0.1) is 5.92 Å². The molecule has 1 aliphatic carbocycles. The highest BCUT2D eigenvalue weighted by atomic mass is 127. The molecule has 20 heavy (non-hydrogen) atoms. The highest BCUT2D eigenvalue weighted by molar-refractivity contribution is 14.0. The fourth-order valence-corrected chi connectivity index (χ4v) is 1.96. The molecule has 5 nitrogen and oxygen atoms in total. The van der Waals surface area contributed by atoms with Gasteiger partial charge in [0, 0.05) is 32.9 Å². The molecule has 1 aliphatic rings. The van der Waals surface area contributed by atoms with Crippen molar-refractivity contribution in [2.75, 3.05) is 19.6 Å². The van der Waals surface area contributed by atoms with E-state index in [0.717, 1.165) is 44.4 Å². The maximum atomic E-state index is 4.60. The van der Waals surface area contributed by atoms with Gasteiger partial charge >= 0.3 is 0 Å². The fraction of sp³-hybridized carbons (Fsp3) is 0.714. The molecule has 0 bridgehead atoms. The first kappa shape index (κ1) is 17.3. The summed E-state index contributed by atoms with van der Waals surface area (Å²) >= 11 is 0. The predicted octanol–water partition coefficient (Wildman–Crippen LogP) is 1.94. The second kappa shape index (κ2) is 9.20. The molecule has 0 aromatic carbocycles. The molecule has 0 unspecified atom stereocenters. The Bertz CT molecular complexity index is 411. The molecule has 114 valence electrons. The third-order valence-electron chi connectivity index (χ3n) is 3.24. The molecule has 0 radical (unpaired) electrons. The Labute approximate surface area is 138 Å². The van der Waals surface area contributed by atoms with Gasteiger partial charge in [-0.2, -0.15) is 5.10 Å². The van der Waals surface area contributed by atoms with Crippen molar-refractivity contribution in [1.82, 2.24) is 20.4 Å². The van der Waals surface area contributed by atoms with Gasteiger partial charge in [-0.05, 0) is 44.1 Å². The van der Waals surface area contributed by atoms with Gasteiger partial charge in [-0.1, -0.05) is 0 Å². The SMILES string of the molecule is CCNC(=NCC1CC1)NCCCc1cnn(C)c1.I. The molecule has 2 N–H and O–H groups in total. The molecule has 0 saturated heterocycles. The lowest BCUT2D eigenvalue weighted by Crippen LogP contribution is -2.38. The summed E-state index contributed by atoms with van der Waals surface area (Å²) < 4.78 is 1.85. The van der Waals surface area contributed by atoms with E-state index in [1.54, 1.807) is 0 Å². The number of rotatable bonds is 7. The molecule has 1 fully saturated rings. The number of nitrogens with one attached hydrogen (secondary N) is 2. The van der Waals surface area contributed by atoms with Crippen LogP contribution in [0.1, 0.15) is 31.7 Å². The van der Waals surface area contributed by atoms with Gasteiger partial charge in [0.2, 0.25) is 0 Å². The normalized spacial score (nSPS) is 14.8. The second-order valence-electron chi connectivity index (χ2n) is 5.22. The maximum absolute atomic E-state index is 4.60. The van der Waals surface area contributed by atoms with Gasteiger partial charge in [0.25, 0.3) is 0 Å². The standard InChI is InChI=1S/C14H25N5.HI/c1-3-15-14(17-9-12-6-7-12)16-8-4-5-13-10-18-19(2)11-13;/h10-12H,3-9H2,1-2H3,(H2,15,16,17);1H. The van der Waals surface area contributed by atoms with Crippen LogP contribution in [0.4, 0.5) is 0 Å². The van der Waals surface area contributed by atoms with Crippen molar-refractivity contribution in [1.29, 1.82) is 0 Å². The van der Waals surface area contributed by atoms with Crippen LogP contribution in [-0.4, -0.2) is 35.4 Å². The van der Waals surface area contributed by atoms with Crippen LogP contribution in [0.25, 0.3) is 0 Å². The molecular weight excluding hydrogens is 365 g/mol. The first-order valence-corrected chi connectivity index (χ1v) is 7.27. The van der Waals surface area contributed by atoms with Crippen LogP contribution in [0.5, 0.6) is 0 Å². The zero-order chi connectivity index (χ0) is 13.5. The number of aromatic nitrogens is 2. The number of hydrogen-bond acceptors (Lipinski definition) is 2. The third-order valence-corrected chi connectivity index (χ3v) is 3.24. The first-order valence-electron chi connectivity index (χ1n) is 7.27. The summed E-state index contributed by atoms with van der Waals surface area (Å²) in [5.41, 5.74) is 1.30. The third kappa shape index (κ3) is 6.58. The van der Waals surface area contributed by atoms with E-state index in [0.29, 0.717) is 0 Å². The van der Waals surface area contributed by atoms with Crippen LogP contribution in [-0.2, 0) is 13.5 Å². The van der Waals surface area contributed by atoms with E-state index in [2.05, 4.69) is 33.8 Å². The Balaban J connectivity index is 0.00000200. The molecule has 0 amide bonds. The van der Waals surface area contributed by atoms with Crippen LogP contribution >= 0.6 is 24.0 Å². The van der Waals surface area contributed by atoms with Crippen molar-refractivity contribution in [3.8, 4) is 0 Å². The van der Waals surface area contributed by atoms with Crippen molar-refractivity contribution in [3.63, 3.8) is 0 Å². The Hall–Kier alpha value is -0.790. The number of halogens is 1.